The molecule has 0 aliphatic rings. The average Bonchev–Trinajstić information content (AvgIpc) is 2.73. The standard InChI is InChI=1S/C26H31NO2/c1-19(2)17-27(18-23-10-7-9-22-8-5-6-11-25(22)23)26(28)20(3)16-21-12-14-24(29-4)15-13-21/h5-15,19-20H,16-18H2,1-4H3/t20-/m0/s1. The summed E-state index contributed by atoms with van der Waals surface area (Å²) in [6.07, 6.45) is 0.729. The smallest absolute Gasteiger partial charge is 0.226 e. The highest BCUT2D eigenvalue weighted by atomic mass is 16.5. The third-order valence-electron chi connectivity index (χ3n) is 5.26. The molecule has 3 heteroatoms. The quantitative estimate of drug-likeness (QED) is 0.494. The molecule has 0 heterocycles. The van der Waals surface area contributed by atoms with Gasteiger partial charge in [0.15, 0.2) is 0 Å². The van der Waals surface area contributed by atoms with Gasteiger partial charge in [0.1, 0.15) is 5.75 Å². The van der Waals surface area contributed by atoms with E-state index in [2.05, 4.69) is 56.3 Å². The van der Waals surface area contributed by atoms with Crippen LogP contribution < -0.4 is 4.74 Å². The molecule has 3 rings (SSSR count). The van der Waals surface area contributed by atoms with Crippen molar-refractivity contribution in [1.29, 1.82) is 0 Å². The van der Waals surface area contributed by atoms with E-state index in [0.29, 0.717) is 12.5 Å². The van der Waals surface area contributed by atoms with E-state index in [-0.39, 0.29) is 11.8 Å². The maximum atomic E-state index is 13.3. The van der Waals surface area contributed by atoms with Crippen LogP contribution in [0.3, 0.4) is 0 Å². The molecule has 0 aliphatic carbocycles. The summed E-state index contributed by atoms with van der Waals surface area (Å²) in [5.74, 6) is 1.40. The second-order valence-corrected chi connectivity index (χ2v) is 8.20. The van der Waals surface area contributed by atoms with E-state index in [1.54, 1.807) is 7.11 Å². The Bertz CT molecular complexity index is 941. The summed E-state index contributed by atoms with van der Waals surface area (Å²) in [4.78, 5) is 15.4. The SMILES string of the molecule is COc1ccc(C[C@H](C)C(=O)N(Cc2cccc3ccccc23)CC(C)C)cc1. The number of hydrogen-bond acceptors (Lipinski definition) is 2. The summed E-state index contributed by atoms with van der Waals surface area (Å²) < 4.78 is 5.23. The van der Waals surface area contributed by atoms with E-state index >= 15 is 0 Å². The molecule has 0 saturated heterocycles. The molecule has 0 radical (unpaired) electrons. The number of hydrogen-bond donors (Lipinski definition) is 0. The van der Waals surface area contributed by atoms with Gasteiger partial charge in [0.2, 0.25) is 5.91 Å². The number of methoxy groups -OCH3 is 1. The number of nitrogens with zero attached hydrogens (tertiary/aromatic N) is 1. The lowest BCUT2D eigenvalue weighted by molar-refractivity contribution is -0.136. The summed E-state index contributed by atoms with van der Waals surface area (Å²) in [5.41, 5.74) is 2.36. The Hall–Kier alpha value is -2.81. The van der Waals surface area contributed by atoms with Crippen LogP contribution in [0.4, 0.5) is 0 Å². The van der Waals surface area contributed by atoms with Gasteiger partial charge in [0, 0.05) is 19.0 Å². The maximum absolute atomic E-state index is 13.3. The number of benzene rings is 3. The minimum Gasteiger partial charge on any atom is -0.497 e. The number of rotatable bonds is 8. The average molecular weight is 390 g/mol. The predicted molar refractivity (Wildman–Crippen MR) is 120 cm³/mol. The Kier molecular flexibility index (Phi) is 6.92. The molecule has 1 amide bonds. The summed E-state index contributed by atoms with van der Waals surface area (Å²) in [6.45, 7) is 7.76. The van der Waals surface area contributed by atoms with Gasteiger partial charge in [0.25, 0.3) is 0 Å². The minimum atomic E-state index is -0.0721. The van der Waals surface area contributed by atoms with Crippen molar-refractivity contribution in [3.63, 3.8) is 0 Å². The molecule has 29 heavy (non-hydrogen) atoms. The molecule has 0 aliphatic heterocycles. The van der Waals surface area contributed by atoms with Crippen LogP contribution in [0.2, 0.25) is 0 Å². The zero-order valence-corrected chi connectivity index (χ0v) is 17.9. The van der Waals surface area contributed by atoms with E-state index in [1.165, 1.54) is 16.3 Å². The lowest BCUT2D eigenvalue weighted by Crippen LogP contribution is -2.38. The fourth-order valence-electron chi connectivity index (χ4n) is 3.82. The van der Waals surface area contributed by atoms with Crippen LogP contribution in [0, 0.1) is 11.8 Å². The third kappa shape index (κ3) is 5.38. The first-order chi connectivity index (χ1) is 14.0. The second-order valence-electron chi connectivity index (χ2n) is 8.20. The van der Waals surface area contributed by atoms with Gasteiger partial charge in [0.05, 0.1) is 7.11 Å². The van der Waals surface area contributed by atoms with Crippen LogP contribution in [0.25, 0.3) is 10.8 Å². The van der Waals surface area contributed by atoms with Gasteiger partial charge in [-0.05, 0) is 46.4 Å². The zero-order valence-electron chi connectivity index (χ0n) is 17.9. The lowest BCUT2D eigenvalue weighted by atomic mass is 9.98. The molecule has 3 aromatic carbocycles. The van der Waals surface area contributed by atoms with Gasteiger partial charge < -0.3 is 9.64 Å². The van der Waals surface area contributed by atoms with Crippen molar-refractivity contribution in [3.8, 4) is 5.75 Å². The highest BCUT2D eigenvalue weighted by Crippen LogP contribution is 2.22. The van der Waals surface area contributed by atoms with Gasteiger partial charge in [-0.25, -0.2) is 0 Å². The third-order valence-corrected chi connectivity index (χ3v) is 5.26. The van der Waals surface area contributed by atoms with Crippen molar-refractivity contribution >= 4 is 16.7 Å². The van der Waals surface area contributed by atoms with E-state index < -0.39 is 0 Å². The summed E-state index contributed by atoms with van der Waals surface area (Å²) in [5, 5.41) is 2.44. The van der Waals surface area contributed by atoms with Gasteiger partial charge in [-0.15, -0.1) is 0 Å². The highest BCUT2D eigenvalue weighted by Gasteiger charge is 2.22. The van der Waals surface area contributed by atoms with E-state index in [4.69, 9.17) is 4.74 Å². The van der Waals surface area contributed by atoms with Crippen LogP contribution in [0.15, 0.2) is 66.7 Å². The summed E-state index contributed by atoms with van der Waals surface area (Å²) >= 11 is 0. The van der Waals surface area contributed by atoms with Crippen LogP contribution in [0.5, 0.6) is 5.75 Å². The fraction of sp³-hybridized carbons (Fsp3) is 0.346. The van der Waals surface area contributed by atoms with Crippen molar-refractivity contribution in [2.24, 2.45) is 11.8 Å². The molecule has 3 aromatic rings. The largest absolute Gasteiger partial charge is 0.497 e. The first-order valence-electron chi connectivity index (χ1n) is 10.4. The first-order valence-corrected chi connectivity index (χ1v) is 10.4. The molecular weight excluding hydrogens is 358 g/mol. The molecule has 0 N–H and O–H groups in total. The van der Waals surface area contributed by atoms with E-state index in [9.17, 15) is 4.79 Å². The topological polar surface area (TPSA) is 29.5 Å². The molecule has 0 fully saturated rings. The maximum Gasteiger partial charge on any atom is 0.226 e. The van der Waals surface area contributed by atoms with Crippen LogP contribution >= 0.6 is 0 Å². The summed E-state index contributed by atoms with van der Waals surface area (Å²) in [7, 11) is 1.66. The van der Waals surface area contributed by atoms with Crippen molar-refractivity contribution in [2.75, 3.05) is 13.7 Å². The van der Waals surface area contributed by atoms with Crippen LogP contribution in [-0.2, 0) is 17.8 Å². The van der Waals surface area contributed by atoms with Gasteiger partial charge in [-0.3, -0.25) is 4.79 Å². The molecule has 152 valence electrons. The number of ether oxygens (including phenoxy) is 1. The molecule has 0 saturated carbocycles. The number of amides is 1. The Balaban J connectivity index is 1.78. The van der Waals surface area contributed by atoms with Gasteiger partial charge in [-0.2, -0.15) is 0 Å². The van der Waals surface area contributed by atoms with Crippen LogP contribution in [-0.4, -0.2) is 24.5 Å². The Morgan fingerprint density at radius 2 is 1.62 bits per heavy atom. The molecule has 3 nitrogen and oxygen atoms in total. The Labute approximate surface area is 174 Å². The molecule has 0 spiro atoms. The van der Waals surface area contributed by atoms with Crippen molar-refractivity contribution in [3.05, 3.63) is 77.9 Å². The molecule has 0 unspecified atom stereocenters. The number of carbonyl (C=O) groups is 1. The van der Waals surface area contributed by atoms with Crippen molar-refractivity contribution in [1.82, 2.24) is 4.90 Å². The molecular formula is C26H31NO2. The lowest BCUT2D eigenvalue weighted by Gasteiger charge is -2.28. The van der Waals surface area contributed by atoms with Gasteiger partial charge in [-0.1, -0.05) is 75.4 Å². The van der Waals surface area contributed by atoms with E-state index in [1.807, 2.05) is 36.1 Å². The number of carbonyl (C=O) groups excluding carboxylic acids is 1. The Morgan fingerprint density at radius 1 is 0.931 bits per heavy atom. The predicted octanol–water partition coefficient (Wildman–Crippen LogP) is 5.71. The normalized spacial score (nSPS) is 12.2. The van der Waals surface area contributed by atoms with E-state index in [0.717, 1.165) is 24.3 Å². The van der Waals surface area contributed by atoms with Gasteiger partial charge >= 0.3 is 0 Å². The summed E-state index contributed by atoms with van der Waals surface area (Å²) in [6, 6.07) is 22.7. The highest BCUT2D eigenvalue weighted by molar-refractivity contribution is 5.86. The van der Waals surface area contributed by atoms with Crippen molar-refractivity contribution in [2.45, 2.75) is 33.7 Å². The van der Waals surface area contributed by atoms with Crippen LogP contribution in [0.1, 0.15) is 31.9 Å². The first kappa shape index (κ1) is 20.9. The second kappa shape index (κ2) is 9.60. The van der Waals surface area contributed by atoms with Crippen molar-refractivity contribution < 1.29 is 9.53 Å². The number of fused-ring (bicyclic) bond motifs is 1. The zero-order chi connectivity index (χ0) is 20.8. The Morgan fingerprint density at radius 3 is 2.31 bits per heavy atom. The molecule has 0 bridgehead atoms. The minimum absolute atomic E-state index is 0.0721. The molecule has 0 aromatic heterocycles. The monoisotopic (exact) mass is 389 g/mol. The fourth-order valence-corrected chi connectivity index (χ4v) is 3.82. The molecule has 1 atom stereocenters.